The summed E-state index contributed by atoms with van der Waals surface area (Å²) in [4.78, 5) is 0. The summed E-state index contributed by atoms with van der Waals surface area (Å²) in [5.41, 5.74) is 0. The summed E-state index contributed by atoms with van der Waals surface area (Å²) < 4.78 is 11.5. The lowest BCUT2D eigenvalue weighted by Gasteiger charge is -2.36. The van der Waals surface area contributed by atoms with Gasteiger partial charge in [0.2, 0.25) is 0 Å². The van der Waals surface area contributed by atoms with Crippen LogP contribution in [0.3, 0.4) is 0 Å². The number of epoxide rings is 1. The van der Waals surface area contributed by atoms with Crippen molar-refractivity contribution in [2.24, 2.45) is 0 Å². The Kier molecular flexibility index (Phi) is 3.44. The first-order chi connectivity index (χ1) is 6.28. The maximum atomic E-state index is 6.06. The summed E-state index contributed by atoms with van der Waals surface area (Å²) in [6.45, 7) is 14.3. The predicted molar refractivity (Wildman–Crippen MR) is 62.1 cm³/mol. The van der Waals surface area contributed by atoms with Crippen LogP contribution in [0.1, 0.15) is 34.1 Å². The van der Waals surface area contributed by atoms with Gasteiger partial charge in [-0.25, -0.2) is 0 Å². The highest BCUT2D eigenvalue weighted by molar-refractivity contribution is 6.74. The molecule has 1 aliphatic rings. The van der Waals surface area contributed by atoms with Crippen LogP contribution in [-0.4, -0.2) is 27.1 Å². The molecule has 1 unspecified atom stereocenters. The molecule has 0 aromatic carbocycles. The molecule has 2 atom stereocenters. The molecule has 1 heterocycles. The van der Waals surface area contributed by atoms with E-state index >= 15 is 0 Å². The van der Waals surface area contributed by atoms with Crippen LogP contribution < -0.4 is 0 Å². The fourth-order valence-electron chi connectivity index (χ4n) is 1.19. The minimum Gasteiger partial charge on any atom is -0.414 e. The van der Waals surface area contributed by atoms with Gasteiger partial charge in [0.25, 0.3) is 0 Å². The highest BCUT2D eigenvalue weighted by Gasteiger charge is 2.42. The molecule has 0 N–H and O–H groups in total. The fraction of sp³-hybridized carbons (Fsp3) is 1.00. The third kappa shape index (κ3) is 2.81. The van der Waals surface area contributed by atoms with Gasteiger partial charge in [0.05, 0.1) is 12.7 Å². The third-order valence-electron chi connectivity index (χ3n) is 3.50. The van der Waals surface area contributed by atoms with E-state index in [4.69, 9.17) is 9.16 Å². The third-order valence-corrected chi connectivity index (χ3v) is 8.01. The van der Waals surface area contributed by atoms with Crippen LogP contribution >= 0.6 is 0 Å². The molecule has 2 nitrogen and oxygen atoms in total. The average Bonchev–Trinajstić information content (AvgIpc) is 2.77. The molecule has 1 saturated heterocycles. The second-order valence-electron chi connectivity index (χ2n) is 5.69. The smallest absolute Gasteiger partial charge is 0.192 e. The van der Waals surface area contributed by atoms with Gasteiger partial charge in [-0.15, -0.1) is 0 Å². The van der Waals surface area contributed by atoms with Gasteiger partial charge in [0, 0.05) is 0 Å². The van der Waals surface area contributed by atoms with Crippen molar-refractivity contribution in [2.45, 2.75) is 64.5 Å². The summed E-state index contributed by atoms with van der Waals surface area (Å²) in [5, 5.41) is 0.309. The minimum absolute atomic E-state index is 0.309. The first-order valence-corrected chi connectivity index (χ1v) is 8.48. The van der Waals surface area contributed by atoms with E-state index in [2.05, 4.69) is 40.8 Å². The molecule has 0 radical (unpaired) electrons. The lowest BCUT2D eigenvalue weighted by atomic mass is 10.2. The summed E-state index contributed by atoms with van der Waals surface area (Å²) in [6, 6.07) is 0. The molecular formula is C11H24O2Si. The van der Waals surface area contributed by atoms with Crippen LogP contribution in [0, 0.1) is 0 Å². The van der Waals surface area contributed by atoms with Gasteiger partial charge in [0.15, 0.2) is 8.32 Å². The first-order valence-electron chi connectivity index (χ1n) is 5.57. The first kappa shape index (κ1) is 12.2. The zero-order valence-electron chi connectivity index (χ0n) is 10.4. The van der Waals surface area contributed by atoms with Crippen molar-refractivity contribution in [1.82, 2.24) is 0 Å². The molecule has 1 fully saturated rings. The summed E-state index contributed by atoms with van der Waals surface area (Å²) >= 11 is 0. The predicted octanol–water partition coefficient (Wildman–Crippen LogP) is 3.19. The van der Waals surface area contributed by atoms with Crippen LogP contribution in [0.15, 0.2) is 0 Å². The second-order valence-corrected chi connectivity index (χ2v) is 10.5. The van der Waals surface area contributed by atoms with Crippen molar-refractivity contribution in [3.05, 3.63) is 0 Å². The van der Waals surface area contributed by atoms with Gasteiger partial charge in [-0.1, -0.05) is 27.7 Å². The van der Waals surface area contributed by atoms with E-state index in [9.17, 15) is 0 Å². The molecule has 0 aliphatic carbocycles. The Labute approximate surface area is 89.1 Å². The van der Waals surface area contributed by atoms with Crippen LogP contribution in [0.5, 0.6) is 0 Å². The van der Waals surface area contributed by atoms with E-state index in [1.54, 1.807) is 0 Å². The summed E-state index contributed by atoms with van der Waals surface area (Å²) in [6.07, 6.45) is 1.97. The molecule has 0 saturated carbocycles. The monoisotopic (exact) mass is 216 g/mol. The van der Waals surface area contributed by atoms with E-state index in [-0.39, 0.29) is 0 Å². The van der Waals surface area contributed by atoms with E-state index in [0.717, 1.165) is 13.0 Å². The summed E-state index contributed by atoms with van der Waals surface area (Å²) in [7, 11) is -1.55. The van der Waals surface area contributed by atoms with E-state index in [1.165, 1.54) is 0 Å². The molecular weight excluding hydrogens is 192 g/mol. The van der Waals surface area contributed by atoms with Gasteiger partial charge < -0.3 is 9.16 Å². The van der Waals surface area contributed by atoms with Crippen molar-refractivity contribution >= 4 is 8.32 Å². The Hall–Kier alpha value is 0.137. The molecule has 3 heteroatoms. The van der Waals surface area contributed by atoms with Crippen LogP contribution in [0.4, 0.5) is 0 Å². The van der Waals surface area contributed by atoms with Crippen molar-refractivity contribution in [1.29, 1.82) is 0 Å². The molecule has 84 valence electrons. The molecule has 14 heavy (non-hydrogen) atoms. The number of hydrogen-bond donors (Lipinski definition) is 0. The van der Waals surface area contributed by atoms with E-state index in [0.29, 0.717) is 17.2 Å². The van der Waals surface area contributed by atoms with Gasteiger partial charge in [0.1, 0.15) is 6.10 Å². The van der Waals surface area contributed by atoms with Crippen LogP contribution in [0.2, 0.25) is 18.1 Å². The normalized spacial score (nSPS) is 27.9. The van der Waals surface area contributed by atoms with Gasteiger partial charge >= 0.3 is 0 Å². The second kappa shape index (κ2) is 3.95. The lowest BCUT2D eigenvalue weighted by molar-refractivity contribution is 0.241. The zero-order valence-corrected chi connectivity index (χ0v) is 11.4. The Morgan fingerprint density at radius 1 is 1.21 bits per heavy atom. The number of hydrogen-bond acceptors (Lipinski definition) is 2. The fourth-order valence-corrected chi connectivity index (χ4v) is 2.21. The average molecular weight is 216 g/mol. The summed E-state index contributed by atoms with van der Waals surface area (Å²) in [5.74, 6) is 0. The Balaban J connectivity index is 2.31. The molecule has 0 bridgehead atoms. The van der Waals surface area contributed by atoms with Gasteiger partial charge in [-0.05, 0) is 24.6 Å². The van der Waals surface area contributed by atoms with E-state index < -0.39 is 8.32 Å². The highest BCUT2D eigenvalue weighted by atomic mass is 28.4. The quantitative estimate of drug-likeness (QED) is 0.532. The van der Waals surface area contributed by atoms with Crippen molar-refractivity contribution in [3.8, 4) is 0 Å². The minimum atomic E-state index is -1.55. The zero-order chi connectivity index (χ0) is 11.0. The van der Waals surface area contributed by atoms with Gasteiger partial charge in [-0.3, -0.25) is 0 Å². The molecule has 1 rings (SSSR count). The largest absolute Gasteiger partial charge is 0.414 e. The molecule has 0 spiro atoms. The molecule has 0 aromatic heterocycles. The number of rotatable bonds is 4. The topological polar surface area (TPSA) is 21.8 Å². The highest BCUT2D eigenvalue weighted by Crippen LogP contribution is 2.37. The van der Waals surface area contributed by atoms with Crippen LogP contribution in [-0.2, 0) is 9.16 Å². The Morgan fingerprint density at radius 2 is 1.79 bits per heavy atom. The maximum absolute atomic E-state index is 6.06. The van der Waals surface area contributed by atoms with Crippen molar-refractivity contribution in [3.63, 3.8) is 0 Å². The van der Waals surface area contributed by atoms with Crippen molar-refractivity contribution in [2.75, 3.05) is 6.61 Å². The Bertz CT molecular complexity index is 196. The van der Waals surface area contributed by atoms with E-state index in [1.807, 2.05) is 0 Å². The van der Waals surface area contributed by atoms with Crippen molar-refractivity contribution < 1.29 is 9.16 Å². The Morgan fingerprint density at radius 3 is 2.14 bits per heavy atom. The van der Waals surface area contributed by atoms with Crippen LogP contribution in [0.25, 0.3) is 0 Å². The number of ether oxygens (including phenoxy) is 1. The molecule has 1 aliphatic heterocycles. The molecule has 0 amide bonds. The molecule has 0 aromatic rings. The maximum Gasteiger partial charge on any atom is 0.192 e. The lowest BCUT2D eigenvalue weighted by Crippen LogP contribution is -2.41. The van der Waals surface area contributed by atoms with Gasteiger partial charge in [-0.2, -0.15) is 0 Å². The SMILES string of the molecule is CC[C@H]1OC1CO[Si](C)(C)C(C)(C)C. The standard InChI is InChI=1S/C11H24O2Si/c1-7-9-10(13-9)8-12-14(5,6)11(2,3)4/h9-10H,7-8H2,1-6H3/t9-,10?/m1/s1.